The van der Waals surface area contributed by atoms with Gasteiger partial charge in [0.25, 0.3) is 0 Å². The van der Waals surface area contributed by atoms with Crippen LogP contribution in [0.1, 0.15) is 5.56 Å². The molecule has 0 spiro atoms. The van der Waals surface area contributed by atoms with Gasteiger partial charge in [-0.3, -0.25) is 0 Å². The van der Waals surface area contributed by atoms with E-state index in [9.17, 15) is 0 Å². The predicted molar refractivity (Wildman–Crippen MR) is 46.2 cm³/mol. The normalized spacial score (nSPS) is 10.5. The molecular formula is C9H9N2O. The van der Waals surface area contributed by atoms with Crippen LogP contribution in [0, 0.1) is 13.3 Å². The van der Waals surface area contributed by atoms with Crippen LogP contribution in [0.4, 0.5) is 0 Å². The first-order chi connectivity index (χ1) is 5.83. The third-order valence-corrected chi connectivity index (χ3v) is 1.96. The van der Waals surface area contributed by atoms with E-state index in [-0.39, 0.29) is 0 Å². The van der Waals surface area contributed by atoms with Crippen molar-refractivity contribution < 1.29 is 4.74 Å². The maximum absolute atomic E-state index is 5.15. The molecule has 3 heteroatoms. The number of fused-ring (bicyclic) bond motifs is 1. The highest BCUT2D eigenvalue weighted by molar-refractivity contribution is 5.80. The van der Waals surface area contributed by atoms with Crippen LogP contribution in [0.25, 0.3) is 11.0 Å². The molecule has 1 aromatic carbocycles. The Morgan fingerprint density at radius 2 is 2.33 bits per heavy atom. The number of aromatic nitrogens is 2. The van der Waals surface area contributed by atoms with Crippen molar-refractivity contribution in [2.24, 2.45) is 0 Å². The fourth-order valence-electron chi connectivity index (χ4n) is 1.29. The number of hydrogen-bond donors (Lipinski definition) is 1. The van der Waals surface area contributed by atoms with Gasteiger partial charge >= 0.3 is 0 Å². The Kier molecular flexibility index (Phi) is 1.50. The number of ether oxygens (including phenoxy) is 1. The number of aromatic amines is 1. The molecule has 1 N–H and O–H groups in total. The molecule has 0 aliphatic heterocycles. The summed E-state index contributed by atoms with van der Waals surface area (Å²) in [5.41, 5.74) is 2.97. The lowest BCUT2D eigenvalue weighted by atomic mass is 10.2. The van der Waals surface area contributed by atoms with Crippen molar-refractivity contribution in [3.05, 3.63) is 24.0 Å². The van der Waals surface area contributed by atoms with Crippen LogP contribution < -0.4 is 4.74 Å². The summed E-state index contributed by atoms with van der Waals surface area (Å²) in [5, 5.41) is 0. The van der Waals surface area contributed by atoms with Crippen molar-refractivity contribution in [1.82, 2.24) is 9.97 Å². The van der Waals surface area contributed by atoms with Gasteiger partial charge in [0.15, 0.2) is 6.33 Å². The summed E-state index contributed by atoms with van der Waals surface area (Å²) in [6.07, 6.45) is 2.70. The molecule has 0 fully saturated rings. The smallest absolute Gasteiger partial charge is 0.174 e. The first-order valence-electron chi connectivity index (χ1n) is 3.72. The minimum absolute atomic E-state index is 0.864. The monoisotopic (exact) mass is 161 g/mol. The molecule has 2 rings (SSSR count). The molecule has 0 unspecified atom stereocenters. The van der Waals surface area contributed by atoms with E-state index in [2.05, 4.69) is 16.3 Å². The lowest BCUT2D eigenvalue weighted by Crippen LogP contribution is -1.87. The van der Waals surface area contributed by atoms with Crippen LogP contribution in [-0.2, 0) is 0 Å². The number of methoxy groups -OCH3 is 1. The Labute approximate surface area is 70.4 Å². The molecule has 0 aliphatic carbocycles. The Hall–Kier alpha value is -1.51. The maximum atomic E-state index is 5.15. The van der Waals surface area contributed by atoms with Gasteiger partial charge in [-0.2, -0.15) is 0 Å². The van der Waals surface area contributed by atoms with Gasteiger partial charge in [0.2, 0.25) is 0 Å². The zero-order valence-corrected chi connectivity index (χ0v) is 7.01. The van der Waals surface area contributed by atoms with Crippen LogP contribution in [0.15, 0.2) is 12.1 Å². The molecule has 0 aliphatic rings. The van der Waals surface area contributed by atoms with Crippen molar-refractivity contribution in [3.63, 3.8) is 0 Å². The van der Waals surface area contributed by atoms with E-state index < -0.39 is 0 Å². The molecule has 1 heterocycles. The van der Waals surface area contributed by atoms with E-state index in [1.807, 2.05) is 19.1 Å². The molecule has 1 radical (unpaired) electrons. The summed E-state index contributed by atoms with van der Waals surface area (Å²) in [6.45, 7) is 1.98. The van der Waals surface area contributed by atoms with Crippen molar-refractivity contribution in [2.45, 2.75) is 6.92 Å². The van der Waals surface area contributed by atoms with Gasteiger partial charge < -0.3 is 9.72 Å². The van der Waals surface area contributed by atoms with Gasteiger partial charge in [-0.05, 0) is 19.1 Å². The molecule has 2 aromatic rings. The van der Waals surface area contributed by atoms with E-state index in [4.69, 9.17) is 4.74 Å². The first kappa shape index (κ1) is 7.16. The van der Waals surface area contributed by atoms with Crippen LogP contribution >= 0.6 is 0 Å². The number of aryl methyl sites for hydroxylation is 1. The number of nitrogens with zero attached hydrogens (tertiary/aromatic N) is 1. The second kappa shape index (κ2) is 2.52. The molecule has 0 saturated carbocycles. The van der Waals surface area contributed by atoms with E-state index >= 15 is 0 Å². The van der Waals surface area contributed by atoms with Gasteiger partial charge in [-0.25, -0.2) is 4.98 Å². The fourth-order valence-corrected chi connectivity index (χ4v) is 1.29. The number of rotatable bonds is 1. The van der Waals surface area contributed by atoms with Gasteiger partial charge in [-0.15, -0.1) is 0 Å². The van der Waals surface area contributed by atoms with Crippen molar-refractivity contribution in [2.75, 3.05) is 7.11 Å². The number of nitrogens with one attached hydrogen (secondary N) is 1. The summed E-state index contributed by atoms with van der Waals surface area (Å²) in [4.78, 5) is 6.99. The minimum atomic E-state index is 0.864. The fraction of sp³-hybridized carbons (Fsp3) is 0.222. The summed E-state index contributed by atoms with van der Waals surface area (Å²) in [6, 6.07) is 3.86. The molecule has 0 bridgehead atoms. The lowest BCUT2D eigenvalue weighted by molar-refractivity contribution is 0.412. The van der Waals surface area contributed by atoms with E-state index in [1.54, 1.807) is 7.11 Å². The molecule has 3 nitrogen and oxygen atoms in total. The topological polar surface area (TPSA) is 37.9 Å². The van der Waals surface area contributed by atoms with E-state index in [1.165, 1.54) is 0 Å². The van der Waals surface area contributed by atoms with Crippen molar-refractivity contribution in [1.29, 1.82) is 0 Å². The van der Waals surface area contributed by atoms with Crippen LogP contribution in [0.3, 0.4) is 0 Å². The molecular weight excluding hydrogens is 152 g/mol. The Bertz CT molecular complexity index is 406. The standard InChI is InChI=1S/C9H9N2O/c1-6-8(12-2)4-3-7-9(6)11-5-10-7/h3-4H,1-2H3,(H,10,11). The van der Waals surface area contributed by atoms with E-state index in [0.29, 0.717) is 0 Å². The molecule has 0 amide bonds. The minimum Gasteiger partial charge on any atom is -0.496 e. The van der Waals surface area contributed by atoms with Crippen LogP contribution in [-0.4, -0.2) is 17.1 Å². The van der Waals surface area contributed by atoms with Gasteiger partial charge in [0, 0.05) is 5.56 Å². The first-order valence-corrected chi connectivity index (χ1v) is 3.72. The highest BCUT2D eigenvalue weighted by atomic mass is 16.5. The van der Waals surface area contributed by atoms with Gasteiger partial charge in [0.05, 0.1) is 18.1 Å². The quantitative estimate of drug-likeness (QED) is 0.691. The van der Waals surface area contributed by atoms with Crippen molar-refractivity contribution >= 4 is 11.0 Å². The summed E-state index contributed by atoms with van der Waals surface area (Å²) < 4.78 is 5.15. The second-order valence-corrected chi connectivity index (χ2v) is 2.64. The summed E-state index contributed by atoms with van der Waals surface area (Å²) in [7, 11) is 1.66. The average Bonchev–Trinajstić information content (AvgIpc) is 2.53. The Balaban J connectivity index is 2.78. The number of hydrogen-bond acceptors (Lipinski definition) is 2. The molecule has 0 atom stereocenters. The largest absolute Gasteiger partial charge is 0.496 e. The molecule has 1 aromatic heterocycles. The lowest BCUT2D eigenvalue weighted by Gasteiger charge is -2.03. The highest BCUT2D eigenvalue weighted by Crippen LogP contribution is 2.23. The number of benzene rings is 1. The van der Waals surface area contributed by atoms with Gasteiger partial charge in [-0.1, -0.05) is 0 Å². The molecule has 0 saturated heterocycles. The second-order valence-electron chi connectivity index (χ2n) is 2.64. The molecule has 61 valence electrons. The predicted octanol–water partition coefficient (Wildman–Crippen LogP) is 1.68. The Morgan fingerprint density at radius 3 is 3.08 bits per heavy atom. The van der Waals surface area contributed by atoms with Crippen LogP contribution in [0.2, 0.25) is 0 Å². The SMILES string of the molecule is COc1ccc2[nH][c]nc2c1C. The van der Waals surface area contributed by atoms with Crippen molar-refractivity contribution in [3.8, 4) is 5.75 Å². The number of H-pyrrole nitrogens is 1. The average molecular weight is 161 g/mol. The summed E-state index contributed by atoms with van der Waals surface area (Å²) in [5.74, 6) is 0.864. The van der Waals surface area contributed by atoms with Gasteiger partial charge in [0.1, 0.15) is 5.75 Å². The van der Waals surface area contributed by atoms with Crippen LogP contribution in [0.5, 0.6) is 5.75 Å². The maximum Gasteiger partial charge on any atom is 0.174 e. The third-order valence-electron chi connectivity index (χ3n) is 1.96. The zero-order valence-electron chi connectivity index (χ0n) is 7.01. The highest BCUT2D eigenvalue weighted by Gasteiger charge is 2.04. The zero-order chi connectivity index (χ0) is 8.55. The molecule has 12 heavy (non-hydrogen) atoms. The van der Waals surface area contributed by atoms with E-state index in [0.717, 1.165) is 22.3 Å². The number of imidazole rings is 1. The summed E-state index contributed by atoms with van der Waals surface area (Å²) >= 11 is 0. The Morgan fingerprint density at radius 1 is 1.50 bits per heavy atom. The third kappa shape index (κ3) is 0.863.